The highest BCUT2D eigenvalue weighted by atomic mass is 16.7. The van der Waals surface area contributed by atoms with Crippen molar-refractivity contribution in [2.45, 2.75) is 19.0 Å². The molecular formula is C21H20NO6+. The Labute approximate surface area is 161 Å². The van der Waals surface area contributed by atoms with Crippen LogP contribution < -0.4 is 23.7 Å². The molecule has 4 aliphatic rings. The van der Waals surface area contributed by atoms with Crippen molar-refractivity contribution in [1.82, 2.24) is 0 Å². The van der Waals surface area contributed by atoms with Crippen LogP contribution >= 0.6 is 0 Å². The number of Topliss-reactive ketones (excluding diaryl/α,β-unsaturated/α-hetero) is 1. The van der Waals surface area contributed by atoms with Crippen LogP contribution in [0.1, 0.15) is 33.1 Å². The molecule has 0 saturated heterocycles. The number of ketones is 1. The van der Waals surface area contributed by atoms with Gasteiger partial charge in [-0.1, -0.05) is 0 Å². The standard InChI is InChI=1S/C21H20NO6/c1-22-6-5-11-7-15-20(28-10-26-15)21(24-2)16(11)17(22)18(23)12-3-4-14-19(13(12)8-22)27-9-25-14/h3-4,7,17H,5-6,8-10H2,1-2H3/q+1/t17?,22-/m0/s1. The molecule has 0 aliphatic carbocycles. The minimum Gasteiger partial charge on any atom is -0.492 e. The summed E-state index contributed by atoms with van der Waals surface area (Å²) in [6, 6.07) is 5.35. The van der Waals surface area contributed by atoms with E-state index in [0.29, 0.717) is 39.6 Å². The Balaban J connectivity index is 1.58. The molecule has 2 atom stereocenters. The maximum atomic E-state index is 13.7. The maximum absolute atomic E-state index is 13.7. The summed E-state index contributed by atoms with van der Waals surface area (Å²) in [5, 5.41) is 0. The molecule has 0 amide bonds. The van der Waals surface area contributed by atoms with Gasteiger partial charge in [0.1, 0.15) is 6.54 Å². The lowest BCUT2D eigenvalue weighted by molar-refractivity contribution is -0.945. The molecule has 144 valence electrons. The summed E-state index contributed by atoms with van der Waals surface area (Å²) in [5.41, 5.74) is 3.67. The molecular weight excluding hydrogens is 362 g/mol. The van der Waals surface area contributed by atoms with Crippen LogP contribution in [0.2, 0.25) is 0 Å². The summed E-state index contributed by atoms with van der Waals surface area (Å²) >= 11 is 0. The first-order valence-electron chi connectivity index (χ1n) is 9.40. The molecule has 1 unspecified atom stereocenters. The van der Waals surface area contributed by atoms with E-state index in [1.807, 2.05) is 18.2 Å². The lowest BCUT2D eigenvalue weighted by Crippen LogP contribution is -2.56. The Morgan fingerprint density at radius 3 is 2.68 bits per heavy atom. The average Bonchev–Trinajstić information content (AvgIpc) is 3.35. The van der Waals surface area contributed by atoms with Crippen molar-refractivity contribution in [1.29, 1.82) is 0 Å². The predicted octanol–water partition coefficient (Wildman–Crippen LogP) is 2.59. The lowest BCUT2D eigenvalue weighted by Gasteiger charge is -2.47. The van der Waals surface area contributed by atoms with Crippen LogP contribution in [0.15, 0.2) is 18.2 Å². The zero-order valence-corrected chi connectivity index (χ0v) is 15.7. The number of nitrogens with zero attached hydrogens (tertiary/aromatic N) is 1. The van der Waals surface area contributed by atoms with Gasteiger partial charge < -0.3 is 28.2 Å². The summed E-state index contributed by atoms with van der Waals surface area (Å²) in [6.45, 7) is 1.92. The van der Waals surface area contributed by atoms with Crippen molar-refractivity contribution in [3.63, 3.8) is 0 Å². The highest BCUT2D eigenvalue weighted by Crippen LogP contribution is 2.54. The van der Waals surface area contributed by atoms with Gasteiger partial charge in [-0.25, -0.2) is 0 Å². The number of hydrogen-bond acceptors (Lipinski definition) is 6. The van der Waals surface area contributed by atoms with Crippen LogP contribution in [-0.2, 0) is 13.0 Å². The summed E-state index contributed by atoms with van der Waals surface area (Å²) in [5.74, 6) is 3.43. The molecule has 0 saturated carbocycles. The summed E-state index contributed by atoms with van der Waals surface area (Å²) in [4.78, 5) is 13.7. The molecule has 0 radical (unpaired) electrons. The smallest absolute Gasteiger partial charge is 0.231 e. The fourth-order valence-electron chi connectivity index (χ4n) is 5.11. The van der Waals surface area contributed by atoms with Crippen molar-refractivity contribution in [2.75, 3.05) is 34.3 Å². The number of benzene rings is 2. The van der Waals surface area contributed by atoms with Crippen molar-refractivity contribution in [3.05, 3.63) is 40.5 Å². The van der Waals surface area contributed by atoms with Crippen LogP contribution in [0.5, 0.6) is 28.7 Å². The quantitative estimate of drug-likeness (QED) is 0.707. The molecule has 0 spiro atoms. The van der Waals surface area contributed by atoms with Gasteiger partial charge in [-0.15, -0.1) is 0 Å². The molecule has 6 rings (SSSR count). The topological polar surface area (TPSA) is 63.2 Å². The largest absolute Gasteiger partial charge is 0.492 e. The van der Waals surface area contributed by atoms with Crippen molar-refractivity contribution >= 4 is 5.78 Å². The van der Waals surface area contributed by atoms with Crippen LogP contribution in [-0.4, -0.2) is 44.6 Å². The second-order valence-corrected chi connectivity index (χ2v) is 7.92. The molecule has 0 fully saturated rings. The second-order valence-electron chi connectivity index (χ2n) is 7.92. The first kappa shape index (κ1) is 16.1. The molecule has 0 N–H and O–H groups in total. The Hall–Kier alpha value is -2.93. The van der Waals surface area contributed by atoms with Crippen molar-refractivity contribution < 1.29 is 33.0 Å². The number of likely N-dealkylation sites (N-methyl/N-ethyl adjacent to an activating group) is 1. The monoisotopic (exact) mass is 382 g/mol. The molecule has 4 aliphatic heterocycles. The lowest BCUT2D eigenvalue weighted by atomic mass is 9.80. The highest BCUT2D eigenvalue weighted by molar-refractivity contribution is 6.03. The fraction of sp³-hybridized carbons (Fsp3) is 0.381. The number of ether oxygens (including phenoxy) is 5. The van der Waals surface area contributed by atoms with E-state index >= 15 is 0 Å². The van der Waals surface area contributed by atoms with Gasteiger partial charge in [0.25, 0.3) is 0 Å². The SMILES string of the molecule is COc1c2c(cc3c1C1C(=O)c4ccc5c(c4C[N@+]1(C)CC3)OCO5)OCO2. The van der Waals surface area contributed by atoms with E-state index in [-0.39, 0.29) is 25.4 Å². The second kappa shape index (κ2) is 5.32. The van der Waals surface area contributed by atoms with Gasteiger partial charge in [0, 0.05) is 12.0 Å². The third kappa shape index (κ3) is 1.89. The van der Waals surface area contributed by atoms with Crippen LogP contribution in [0, 0.1) is 0 Å². The number of hydrogen-bond donors (Lipinski definition) is 0. The number of methoxy groups -OCH3 is 1. The maximum Gasteiger partial charge on any atom is 0.231 e. The molecule has 7 heteroatoms. The highest BCUT2D eigenvalue weighted by Gasteiger charge is 2.52. The zero-order chi connectivity index (χ0) is 19.0. The van der Waals surface area contributed by atoms with Gasteiger partial charge in [0.2, 0.25) is 25.1 Å². The molecule has 0 bridgehead atoms. The van der Waals surface area contributed by atoms with Crippen LogP contribution in [0.25, 0.3) is 0 Å². The molecule has 0 aromatic heterocycles. The van der Waals surface area contributed by atoms with Gasteiger partial charge >= 0.3 is 0 Å². The Morgan fingerprint density at radius 1 is 1.07 bits per heavy atom. The van der Waals surface area contributed by atoms with E-state index in [1.54, 1.807) is 7.11 Å². The van der Waals surface area contributed by atoms with E-state index < -0.39 is 0 Å². The Morgan fingerprint density at radius 2 is 1.86 bits per heavy atom. The Bertz CT molecular complexity index is 1050. The van der Waals surface area contributed by atoms with E-state index in [9.17, 15) is 4.79 Å². The molecule has 2 aromatic rings. The van der Waals surface area contributed by atoms with Crippen molar-refractivity contribution in [3.8, 4) is 28.7 Å². The van der Waals surface area contributed by atoms with Gasteiger partial charge in [0.05, 0.1) is 31.8 Å². The van der Waals surface area contributed by atoms with Gasteiger partial charge in [0.15, 0.2) is 29.0 Å². The number of quaternary nitrogens is 1. The van der Waals surface area contributed by atoms with Crippen LogP contribution in [0.4, 0.5) is 0 Å². The number of carbonyl (C=O) groups excluding carboxylic acids is 1. The predicted molar refractivity (Wildman–Crippen MR) is 97.2 cm³/mol. The van der Waals surface area contributed by atoms with Crippen LogP contribution in [0.3, 0.4) is 0 Å². The van der Waals surface area contributed by atoms with E-state index in [2.05, 4.69) is 7.05 Å². The van der Waals surface area contributed by atoms with Gasteiger partial charge in [-0.3, -0.25) is 4.79 Å². The Kier molecular flexibility index (Phi) is 3.05. The van der Waals surface area contributed by atoms with Gasteiger partial charge in [-0.2, -0.15) is 0 Å². The summed E-state index contributed by atoms with van der Waals surface area (Å²) in [7, 11) is 3.75. The minimum atomic E-state index is -0.346. The van der Waals surface area contributed by atoms with E-state index in [1.165, 1.54) is 0 Å². The average molecular weight is 382 g/mol. The third-order valence-corrected chi connectivity index (χ3v) is 6.41. The first-order valence-corrected chi connectivity index (χ1v) is 9.40. The third-order valence-electron chi connectivity index (χ3n) is 6.41. The van der Waals surface area contributed by atoms with Gasteiger partial charge in [-0.05, 0) is 23.8 Å². The first-order chi connectivity index (χ1) is 13.6. The normalized spacial score (nSPS) is 25.8. The fourth-order valence-corrected chi connectivity index (χ4v) is 5.11. The number of rotatable bonds is 1. The number of fused-ring (bicyclic) bond motifs is 7. The molecule has 4 heterocycles. The molecule has 7 nitrogen and oxygen atoms in total. The van der Waals surface area contributed by atoms with Crippen molar-refractivity contribution in [2.24, 2.45) is 0 Å². The summed E-state index contributed by atoms with van der Waals surface area (Å²) in [6.07, 6.45) is 0.838. The molecule has 28 heavy (non-hydrogen) atoms. The molecule has 2 aromatic carbocycles. The number of carbonyl (C=O) groups is 1. The minimum absolute atomic E-state index is 0.0835. The van der Waals surface area contributed by atoms with E-state index in [4.69, 9.17) is 23.7 Å². The van der Waals surface area contributed by atoms with E-state index in [0.717, 1.165) is 35.4 Å². The zero-order valence-electron chi connectivity index (χ0n) is 15.7. The summed E-state index contributed by atoms with van der Waals surface area (Å²) < 4.78 is 28.8.